The van der Waals surface area contributed by atoms with E-state index in [1.54, 1.807) is 17.5 Å². The molecule has 0 saturated carbocycles. The lowest BCUT2D eigenvalue weighted by Crippen LogP contribution is -2.41. The number of rotatable bonds is 4. The van der Waals surface area contributed by atoms with Crippen LogP contribution in [0.5, 0.6) is 0 Å². The molecule has 0 aliphatic carbocycles. The minimum absolute atomic E-state index is 0.00554. The van der Waals surface area contributed by atoms with Crippen LogP contribution in [0.2, 0.25) is 0 Å². The summed E-state index contributed by atoms with van der Waals surface area (Å²) in [5.41, 5.74) is 0. The van der Waals surface area contributed by atoms with Gasteiger partial charge in [0.1, 0.15) is 5.01 Å². The summed E-state index contributed by atoms with van der Waals surface area (Å²) in [7, 11) is 0. The largest absolute Gasteiger partial charge is 0.346 e. The maximum absolute atomic E-state index is 11.9. The summed E-state index contributed by atoms with van der Waals surface area (Å²) in [6.45, 7) is 3.01. The van der Waals surface area contributed by atoms with Crippen LogP contribution < -0.4 is 10.6 Å². The van der Waals surface area contributed by atoms with Gasteiger partial charge < -0.3 is 10.6 Å². The number of carbonyl (C=O) groups excluding carboxylic acids is 1. The predicted molar refractivity (Wildman–Crippen MR) is 64.3 cm³/mol. The zero-order chi connectivity index (χ0) is 11.4. The van der Waals surface area contributed by atoms with Crippen molar-refractivity contribution in [3.8, 4) is 0 Å². The highest BCUT2D eigenvalue weighted by atomic mass is 32.1. The van der Waals surface area contributed by atoms with E-state index in [0.29, 0.717) is 0 Å². The number of nitrogens with one attached hydrogen (secondary N) is 2. The van der Waals surface area contributed by atoms with Crippen LogP contribution in [0.4, 0.5) is 0 Å². The second-order valence-electron chi connectivity index (χ2n) is 3.99. The van der Waals surface area contributed by atoms with Crippen molar-refractivity contribution in [1.82, 2.24) is 15.6 Å². The van der Waals surface area contributed by atoms with Gasteiger partial charge in [-0.2, -0.15) is 0 Å². The predicted octanol–water partition coefficient (Wildman–Crippen LogP) is 1.46. The first-order valence-corrected chi connectivity index (χ1v) is 6.62. The van der Waals surface area contributed by atoms with E-state index >= 15 is 0 Å². The van der Waals surface area contributed by atoms with Crippen molar-refractivity contribution in [3.05, 3.63) is 16.6 Å². The van der Waals surface area contributed by atoms with Crippen molar-refractivity contribution in [2.75, 3.05) is 6.54 Å². The standard InChI is InChI=1S/C11H17N3OS/c1-2-8(11-13-6-7-16-11)14-10(15)9-4-3-5-12-9/h6-9,12H,2-5H2,1H3,(H,14,15). The van der Waals surface area contributed by atoms with Crippen LogP contribution in [0.25, 0.3) is 0 Å². The lowest BCUT2D eigenvalue weighted by molar-refractivity contribution is -0.123. The van der Waals surface area contributed by atoms with E-state index < -0.39 is 0 Å². The minimum atomic E-state index is -0.00554. The minimum Gasteiger partial charge on any atom is -0.346 e. The van der Waals surface area contributed by atoms with Gasteiger partial charge in [0.2, 0.25) is 5.91 Å². The third kappa shape index (κ3) is 2.59. The Balaban J connectivity index is 1.93. The van der Waals surface area contributed by atoms with Gasteiger partial charge in [-0.15, -0.1) is 11.3 Å². The fourth-order valence-electron chi connectivity index (χ4n) is 1.93. The van der Waals surface area contributed by atoms with Crippen LogP contribution in [0, 0.1) is 0 Å². The van der Waals surface area contributed by atoms with E-state index in [2.05, 4.69) is 22.5 Å². The molecule has 1 fully saturated rings. The molecule has 2 heterocycles. The van der Waals surface area contributed by atoms with Gasteiger partial charge in [-0.1, -0.05) is 6.92 Å². The normalized spacial score (nSPS) is 21.9. The Morgan fingerprint density at radius 3 is 3.25 bits per heavy atom. The molecule has 0 radical (unpaired) electrons. The van der Waals surface area contributed by atoms with E-state index in [9.17, 15) is 4.79 Å². The number of hydrogen-bond acceptors (Lipinski definition) is 4. The molecule has 1 aromatic heterocycles. The van der Waals surface area contributed by atoms with E-state index in [1.165, 1.54) is 0 Å². The van der Waals surface area contributed by atoms with E-state index in [0.717, 1.165) is 30.8 Å². The molecule has 0 spiro atoms. The number of amides is 1. The maximum Gasteiger partial charge on any atom is 0.237 e. The molecule has 2 rings (SSSR count). The topological polar surface area (TPSA) is 54.0 Å². The highest BCUT2D eigenvalue weighted by Crippen LogP contribution is 2.19. The van der Waals surface area contributed by atoms with Crippen molar-refractivity contribution >= 4 is 17.2 Å². The summed E-state index contributed by atoms with van der Waals surface area (Å²) in [5, 5.41) is 9.20. The average Bonchev–Trinajstić information content (AvgIpc) is 2.96. The quantitative estimate of drug-likeness (QED) is 0.836. The van der Waals surface area contributed by atoms with Gasteiger partial charge in [0.25, 0.3) is 0 Å². The highest BCUT2D eigenvalue weighted by molar-refractivity contribution is 7.09. The molecular formula is C11H17N3OS. The molecule has 1 aliphatic heterocycles. The SMILES string of the molecule is CCC(NC(=O)C1CCCN1)c1nccs1. The van der Waals surface area contributed by atoms with E-state index in [-0.39, 0.29) is 18.0 Å². The van der Waals surface area contributed by atoms with Gasteiger partial charge in [-0.05, 0) is 25.8 Å². The second kappa shape index (κ2) is 5.41. The highest BCUT2D eigenvalue weighted by Gasteiger charge is 2.24. The Kier molecular flexibility index (Phi) is 3.90. The van der Waals surface area contributed by atoms with Gasteiger partial charge in [0.15, 0.2) is 0 Å². The Morgan fingerprint density at radius 2 is 2.69 bits per heavy atom. The Hall–Kier alpha value is -0.940. The van der Waals surface area contributed by atoms with Crippen LogP contribution in [0.3, 0.4) is 0 Å². The number of carbonyl (C=O) groups is 1. The van der Waals surface area contributed by atoms with Crippen molar-refractivity contribution in [3.63, 3.8) is 0 Å². The average molecular weight is 239 g/mol. The number of hydrogen-bond donors (Lipinski definition) is 2. The molecule has 88 valence electrons. The molecule has 2 N–H and O–H groups in total. The van der Waals surface area contributed by atoms with Crippen LogP contribution in [-0.4, -0.2) is 23.5 Å². The lowest BCUT2D eigenvalue weighted by Gasteiger charge is -2.17. The van der Waals surface area contributed by atoms with Crippen LogP contribution in [-0.2, 0) is 4.79 Å². The summed E-state index contributed by atoms with van der Waals surface area (Å²) >= 11 is 1.59. The summed E-state index contributed by atoms with van der Waals surface area (Å²) in [5.74, 6) is 0.111. The molecule has 2 unspecified atom stereocenters. The molecule has 5 heteroatoms. The maximum atomic E-state index is 11.9. The van der Waals surface area contributed by atoms with Gasteiger partial charge in [0, 0.05) is 11.6 Å². The Labute approximate surface area is 99.5 Å². The summed E-state index contributed by atoms with van der Waals surface area (Å²) in [6.07, 6.45) is 4.70. The molecule has 0 bridgehead atoms. The monoisotopic (exact) mass is 239 g/mol. The number of aromatic nitrogens is 1. The Bertz CT molecular complexity index is 333. The fourth-order valence-corrected chi connectivity index (χ4v) is 2.70. The van der Waals surface area contributed by atoms with Crippen molar-refractivity contribution in [2.24, 2.45) is 0 Å². The second-order valence-corrected chi connectivity index (χ2v) is 4.91. The van der Waals surface area contributed by atoms with Crippen LogP contribution in [0.15, 0.2) is 11.6 Å². The van der Waals surface area contributed by atoms with E-state index in [4.69, 9.17) is 0 Å². The fraction of sp³-hybridized carbons (Fsp3) is 0.636. The first kappa shape index (κ1) is 11.5. The molecule has 0 aromatic carbocycles. The van der Waals surface area contributed by atoms with Crippen molar-refractivity contribution in [2.45, 2.75) is 38.3 Å². The first-order valence-electron chi connectivity index (χ1n) is 5.74. The molecule has 1 aliphatic rings. The van der Waals surface area contributed by atoms with E-state index in [1.807, 2.05) is 5.38 Å². The zero-order valence-corrected chi connectivity index (χ0v) is 10.2. The zero-order valence-electron chi connectivity index (χ0n) is 9.40. The molecular weight excluding hydrogens is 222 g/mol. The van der Waals surface area contributed by atoms with Gasteiger partial charge >= 0.3 is 0 Å². The number of nitrogens with zero attached hydrogens (tertiary/aromatic N) is 1. The van der Waals surface area contributed by atoms with Gasteiger partial charge in [0.05, 0.1) is 12.1 Å². The summed E-state index contributed by atoms with van der Waals surface area (Å²) in [6, 6.07) is 0.0592. The molecule has 4 nitrogen and oxygen atoms in total. The van der Waals surface area contributed by atoms with Crippen molar-refractivity contribution in [1.29, 1.82) is 0 Å². The van der Waals surface area contributed by atoms with Crippen molar-refractivity contribution < 1.29 is 4.79 Å². The van der Waals surface area contributed by atoms with Crippen LogP contribution >= 0.6 is 11.3 Å². The molecule has 1 saturated heterocycles. The lowest BCUT2D eigenvalue weighted by atomic mass is 10.2. The molecule has 2 atom stereocenters. The smallest absolute Gasteiger partial charge is 0.237 e. The molecule has 1 amide bonds. The number of thiazole rings is 1. The van der Waals surface area contributed by atoms with Gasteiger partial charge in [-0.3, -0.25) is 4.79 Å². The molecule has 1 aromatic rings. The molecule has 16 heavy (non-hydrogen) atoms. The Morgan fingerprint density at radius 1 is 1.81 bits per heavy atom. The third-order valence-corrected chi connectivity index (χ3v) is 3.74. The summed E-state index contributed by atoms with van der Waals surface area (Å²) in [4.78, 5) is 16.2. The first-order chi connectivity index (χ1) is 7.81. The van der Waals surface area contributed by atoms with Crippen LogP contribution in [0.1, 0.15) is 37.2 Å². The summed E-state index contributed by atoms with van der Waals surface area (Å²) < 4.78 is 0. The van der Waals surface area contributed by atoms with Gasteiger partial charge in [-0.25, -0.2) is 4.98 Å². The third-order valence-electron chi connectivity index (χ3n) is 2.85.